The largest absolute Gasteiger partial charge is 0.497 e. The van der Waals surface area contributed by atoms with Gasteiger partial charge >= 0.3 is 12.0 Å². The Labute approximate surface area is 117 Å². The van der Waals surface area contributed by atoms with Crippen LogP contribution in [0.15, 0.2) is 18.2 Å². The third-order valence-corrected chi connectivity index (χ3v) is 3.33. The second-order valence-corrected chi connectivity index (χ2v) is 4.68. The maximum absolute atomic E-state index is 11.9. The summed E-state index contributed by atoms with van der Waals surface area (Å²) in [6.07, 6.45) is 0.732. The monoisotopic (exact) mass is 278 g/mol. The number of benzene rings is 1. The number of carbonyl (C=O) groups excluding carboxylic acids is 1. The van der Waals surface area contributed by atoms with Crippen molar-refractivity contribution in [2.75, 3.05) is 20.2 Å². The molecule has 1 aliphatic rings. The highest BCUT2D eigenvalue weighted by molar-refractivity contribution is 5.75. The van der Waals surface area contributed by atoms with Crippen LogP contribution in [0, 0.1) is 0 Å². The number of nitrogens with one attached hydrogen (secondary N) is 1. The molecule has 6 heteroatoms. The molecule has 1 aromatic carbocycles. The Morgan fingerprint density at radius 2 is 2.20 bits per heavy atom. The molecule has 0 aromatic heterocycles. The Bertz CT molecular complexity index is 516. The first-order valence-electron chi connectivity index (χ1n) is 6.50. The first kappa shape index (κ1) is 14.2. The zero-order valence-electron chi connectivity index (χ0n) is 11.4. The van der Waals surface area contributed by atoms with E-state index in [1.165, 1.54) is 5.56 Å². The molecule has 108 valence electrons. The summed E-state index contributed by atoms with van der Waals surface area (Å²) in [5.41, 5.74) is 2.30. The lowest BCUT2D eigenvalue weighted by atomic mass is 10.00. The fraction of sp³-hybridized carbons (Fsp3) is 0.429. The Morgan fingerprint density at radius 3 is 2.90 bits per heavy atom. The van der Waals surface area contributed by atoms with Gasteiger partial charge in [0.15, 0.2) is 0 Å². The molecule has 0 bridgehead atoms. The van der Waals surface area contributed by atoms with Gasteiger partial charge in [0.25, 0.3) is 0 Å². The van der Waals surface area contributed by atoms with E-state index in [1.54, 1.807) is 12.0 Å². The van der Waals surface area contributed by atoms with E-state index in [2.05, 4.69) is 5.32 Å². The van der Waals surface area contributed by atoms with Crippen molar-refractivity contribution in [2.45, 2.75) is 19.4 Å². The Morgan fingerprint density at radius 1 is 1.40 bits per heavy atom. The third kappa shape index (κ3) is 3.40. The molecule has 20 heavy (non-hydrogen) atoms. The average Bonchev–Trinajstić information content (AvgIpc) is 2.45. The van der Waals surface area contributed by atoms with Crippen LogP contribution in [-0.4, -0.2) is 42.2 Å². The van der Waals surface area contributed by atoms with E-state index in [-0.39, 0.29) is 19.0 Å². The fourth-order valence-electron chi connectivity index (χ4n) is 2.22. The molecule has 0 radical (unpaired) electrons. The number of nitrogens with zero attached hydrogens (tertiary/aromatic N) is 1. The van der Waals surface area contributed by atoms with Crippen LogP contribution in [0.5, 0.6) is 5.75 Å². The second kappa shape index (κ2) is 6.27. The van der Waals surface area contributed by atoms with Gasteiger partial charge in [-0.3, -0.25) is 4.79 Å². The minimum absolute atomic E-state index is 0.0655. The number of aliphatic carboxylic acids is 1. The average molecular weight is 278 g/mol. The lowest BCUT2D eigenvalue weighted by Gasteiger charge is -2.29. The van der Waals surface area contributed by atoms with Crippen molar-refractivity contribution in [1.82, 2.24) is 10.2 Å². The summed E-state index contributed by atoms with van der Waals surface area (Å²) in [7, 11) is 1.61. The van der Waals surface area contributed by atoms with E-state index in [4.69, 9.17) is 9.84 Å². The van der Waals surface area contributed by atoms with Crippen molar-refractivity contribution < 1.29 is 19.4 Å². The standard InChI is InChI=1S/C14H18N2O4/c1-20-12-3-2-10-5-7-16(9-11(10)8-12)14(19)15-6-4-13(17)18/h2-3,8H,4-7,9H2,1H3,(H,15,19)(H,17,18). The van der Waals surface area contributed by atoms with Gasteiger partial charge in [-0.2, -0.15) is 0 Å². The number of methoxy groups -OCH3 is 1. The number of carboxylic acids is 1. The van der Waals surface area contributed by atoms with Gasteiger partial charge in [0.1, 0.15) is 5.75 Å². The van der Waals surface area contributed by atoms with Crippen molar-refractivity contribution in [3.8, 4) is 5.75 Å². The van der Waals surface area contributed by atoms with E-state index < -0.39 is 5.97 Å². The molecular formula is C14H18N2O4. The number of ether oxygens (including phenoxy) is 1. The molecule has 0 unspecified atom stereocenters. The maximum Gasteiger partial charge on any atom is 0.317 e. The van der Waals surface area contributed by atoms with Crippen molar-refractivity contribution in [2.24, 2.45) is 0 Å². The van der Waals surface area contributed by atoms with E-state index in [0.29, 0.717) is 13.1 Å². The molecule has 0 spiro atoms. The van der Waals surface area contributed by atoms with Crippen molar-refractivity contribution >= 4 is 12.0 Å². The van der Waals surface area contributed by atoms with Crippen LogP contribution in [0.2, 0.25) is 0 Å². The third-order valence-electron chi connectivity index (χ3n) is 3.33. The van der Waals surface area contributed by atoms with E-state index in [1.807, 2.05) is 18.2 Å². The van der Waals surface area contributed by atoms with E-state index >= 15 is 0 Å². The van der Waals surface area contributed by atoms with Crippen LogP contribution < -0.4 is 10.1 Å². The normalized spacial score (nSPS) is 13.6. The summed E-state index contributed by atoms with van der Waals surface area (Å²) in [5, 5.41) is 11.2. The highest BCUT2D eigenvalue weighted by Gasteiger charge is 2.20. The minimum Gasteiger partial charge on any atom is -0.497 e. The second-order valence-electron chi connectivity index (χ2n) is 4.68. The van der Waals surface area contributed by atoms with E-state index in [0.717, 1.165) is 17.7 Å². The number of urea groups is 1. The van der Waals surface area contributed by atoms with Crippen molar-refractivity contribution in [3.05, 3.63) is 29.3 Å². The van der Waals surface area contributed by atoms with Gasteiger partial charge in [0.2, 0.25) is 0 Å². The first-order chi connectivity index (χ1) is 9.60. The molecule has 0 aliphatic carbocycles. The summed E-state index contributed by atoms with van der Waals surface area (Å²) in [6, 6.07) is 5.65. The summed E-state index contributed by atoms with van der Waals surface area (Å²) in [6.45, 7) is 1.30. The molecular weight excluding hydrogens is 260 g/mol. The number of carboxylic acid groups (broad SMARTS) is 1. The molecule has 2 amide bonds. The van der Waals surface area contributed by atoms with Gasteiger partial charge in [-0.25, -0.2) is 4.79 Å². The van der Waals surface area contributed by atoms with Crippen LogP contribution in [0.3, 0.4) is 0 Å². The molecule has 2 N–H and O–H groups in total. The number of hydrogen-bond acceptors (Lipinski definition) is 3. The smallest absolute Gasteiger partial charge is 0.317 e. The Kier molecular flexibility index (Phi) is 4.45. The summed E-state index contributed by atoms with van der Waals surface area (Å²) in [4.78, 5) is 24.0. The van der Waals surface area contributed by atoms with Gasteiger partial charge in [-0.05, 0) is 29.7 Å². The molecule has 0 fully saturated rings. The Balaban J connectivity index is 1.95. The zero-order chi connectivity index (χ0) is 14.5. The van der Waals surface area contributed by atoms with Crippen LogP contribution in [-0.2, 0) is 17.8 Å². The van der Waals surface area contributed by atoms with Gasteiger partial charge in [0.05, 0.1) is 13.5 Å². The van der Waals surface area contributed by atoms with Crippen molar-refractivity contribution in [1.29, 1.82) is 0 Å². The van der Waals surface area contributed by atoms with Crippen LogP contribution in [0.25, 0.3) is 0 Å². The summed E-state index contributed by atoms with van der Waals surface area (Å²) < 4.78 is 5.18. The molecule has 6 nitrogen and oxygen atoms in total. The predicted octanol–water partition coefficient (Wildman–Crippen LogP) is 1.24. The first-order valence-corrected chi connectivity index (χ1v) is 6.50. The molecule has 0 saturated heterocycles. The molecule has 2 rings (SSSR count). The Hall–Kier alpha value is -2.24. The topological polar surface area (TPSA) is 78.9 Å². The predicted molar refractivity (Wildman–Crippen MR) is 72.8 cm³/mol. The van der Waals surface area contributed by atoms with Crippen LogP contribution in [0.1, 0.15) is 17.5 Å². The quantitative estimate of drug-likeness (QED) is 0.868. The van der Waals surface area contributed by atoms with Gasteiger partial charge in [-0.15, -0.1) is 0 Å². The highest BCUT2D eigenvalue weighted by atomic mass is 16.5. The number of carbonyl (C=O) groups is 2. The van der Waals surface area contributed by atoms with E-state index in [9.17, 15) is 9.59 Å². The number of amides is 2. The molecule has 0 saturated carbocycles. The number of rotatable bonds is 4. The molecule has 1 heterocycles. The SMILES string of the molecule is COc1ccc2c(c1)CN(C(=O)NCCC(=O)O)CC2. The summed E-state index contributed by atoms with van der Waals surface area (Å²) >= 11 is 0. The maximum atomic E-state index is 11.9. The molecule has 1 aromatic rings. The number of fused-ring (bicyclic) bond motifs is 1. The highest BCUT2D eigenvalue weighted by Crippen LogP contribution is 2.23. The van der Waals surface area contributed by atoms with Crippen molar-refractivity contribution in [3.63, 3.8) is 0 Å². The minimum atomic E-state index is -0.918. The number of hydrogen-bond donors (Lipinski definition) is 2. The van der Waals surface area contributed by atoms with Crippen LogP contribution >= 0.6 is 0 Å². The lowest BCUT2D eigenvalue weighted by Crippen LogP contribution is -2.43. The van der Waals surface area contributed by atoms with Crippen LogP contribution in [0.4, 0.5) is 4.79 Å². The van der Waals surface area contributed by atoms with Gasteiger partial charge < -0.3 is 20.1 Å². The molecule has 0 atom stereocenters. The molecule has 1 aliphatic heterocycles. The van der Waals surface area contributed by atoms with Gasteiger partial charge in [0, 0.05) is 19.6 Å². The summed E-state index contributed by atoms with van der Waals surface area (Å²) in [5.74, 6) is -0.143. The zero-order valence-corrected chi connectivity index (χ0v) is 11.4. The van der Waals surface area contributed by atoms with Gasteiger partial charge in [-0.1, -0.05) is 6.07 Å². The fourth-order valence-corrected chi connectivity index (χ4v) is 2.22. The lowest BCUT2D eigenvalue weighted by molar-refractivity contribution is -0.136.